The molecule has 1 amide bonds. The number of carbonyl (C=O) groups excluding carboxylic acids is 1. The molecule has 1 aromatic carbocycles. The Morgan fingerprint density at radius 1 is 1.15 bits per heavy atom. The number of nitrogens with two attached hydrogens (primary N) is 1. The van der Waals surface area contributed by atoms with Crippen molar-refractivity contribution < 1.29 is 9.18 Å². The number of rotatable bonds is 10. The second-order valence-corrected chi connectivity index (χ2v) is 7.44. The van der Waals surface area contributed by atoms with Gasteiger partial charge in [0, 0.05) is 31.0 Å². The van der Waals surface area contributed by atoms with Crippen LogP contribution in [-0.2, 0) is 19.5 Å². The molecule has 0 aliphatic heterocycles. The molecule has 0 saturated carbocycles. The largest absolute Gasteiger partial charge is 0.346 e. The number of nitrogens with one attached hydrogen (secondary N) is 2. The Morgan fingerprint density at radius 3 is 2.85 bits per heavy atom. The highest BCUT2D eigenvalue weighted by molar-refractivity contribution is 5.94. The van der Waals surface area contributed by atoms with E-state index in [1.165, 1.54) is 18.3 Å². The first-order valence-electron chi connectivity index (χ1n) is 10.6. The fourth-order valence-electron chi connectivity index (χ4n) is 3.28. The van der Waals surface area contributed by atoms with Crippen molar-refractivity contribution in [3.63, 3.8) is 0 Å². The van der Waals surface area contributed by atoms with E-state index in [0.717, 1.165) is 16.8 Å². The summed E-state index contributed by atoms with van der Waals surface area (Å²) in [5, 5.41) is 11.4. The van der Waals surface area contributed by atoms with Crippen LogP contribution >= 0.6 is 0 Å². The zero-order valence-corrected chi connectivity index (χ0v) is 18.0. The fraction of sp³-hybridized carbons (Fsp3) is 0.217. The van der Waals surface area contributed by atoms with E-state index < -0.39 is 0 Å². The predicted octanol–water partition coefficient (Wildman–Crippen LogP) is 1.96. The lowest BCUT2D eigenvalue weighted by molar-refractivity contribution is 0.0950. The van der Waals surface area contributed by atoms with E-state index in [0.29, 0.717) is 43.9 Å². The Bertz CT molecular complexity index is 1200. The zero-order valence-electron chi connectivity index (χ0n) is 18.0. The first-order chi connectivity index (χ1) is 16.1. The highest BCUT2D eigenvalue weighted by atomic mass is 19.1. The van der Waals surface area contributed by atoms with Crippen LogP contribution in [-0.4, -0.2) is 43.7 Å². The van der Waals surface area contributed by atoms with E-state index in [4.69, 9.17) is 5.73 Å². The van der Waals surface area contributed by atoms with E-state index in [1.807, 2.05) is 24.5 Å². The van der Waals surface area contributed by atoms with Crippen LogP contribution in [0.3, 0.4) is 0 Å². The maximum absolute atomic E-state index is 13.3. The van der Waals surface area contributed by atoms with Crippen LogP contribution in [0.25, 0.3) is 11.3 Å². The normalized spacial score (nSPS) is 10.8. The Balaban J connectivity index is 1.28. The molecule has 0 fully saturated rings. The Morgan fingerprint density at radius 2 is 2.06 bits per heavy atom. The van der Waals surface area contributed by atoms with Crippen molar-refractivity contribution in [3.8, 4) is 11.3 Å². The molecule has 0 atom stereocenters. The molecule has 0 aliphatic rings. The molecule has 3 aromatic heterocycles. The number of benzene rings is 1. The molecule has 10 heteroatoms. The number of hydrogen-bond acceptors (Lipinski definition) is 6. The topological polar surface area (TPSA) is 116 Å². The van der Waals surface area contributed by atoms with Gasteiger partial charge in [-0.2, -0.15) is 15.0 Å². The molecule has 0 spiro atoms. The third kappa shape index (κ3) is 6.01. The van der Waals surface area contributed by atoms with Gasteiger partial charge in [-0.15, -0.1) is 0 Å². The molecule has 4 aromatic rings. The summed E-state index contributed by atoms with van der Waals surface area (Å²) in [6.45, 7) is 2.07. The summed E-state index contributed by atoms with van der Waals surface area (Å²) in [5.41, 5.74) is 12.3. The van der Waals surface area contributed by atoms with Gasteiger partial charge in [0.15, 0.2) is 0 Å². The highest BCUT2D eigenvalue weighted by Gasteiger charge is 2.09. The van der Waals surface area contributed by atoms with E-state index in [9.17, 15) is 9.18 Å². The van der Waals surface area contributed by atoms with E-state index in [-0.39, 0.29) is 11.7 Å². The molecule has 0 saturated heterocycles. The summed E-state index contributed by atoms with van der Waals surface area (Å²) in [5.74, 6) is -0.465. The predicted molar refractivity (Wildman–Crippen MR) is 122 cm³/mol. The second kappa shape index (κ2) is 10.5. The first kappa shape index (κ1) is 22.2. The van der Waals surface area contributed by atoms with Gasteiger partial charge in [-0.05, 0) is 42.3 Å². The Labute approximate surface area is 190 Å². The molecule has 4 N–H and O–H groups in total. The quantitative estimate of drug-likeness (QED) is 0.342. The van der Waals surface area contributed by atoms with Crippen molar-refractivity contribution in [2.45, 2.75) is 19.5 Å². The Kier molecular flexibility index (Phi) is 7.06. The van der Waals surface area contributed by atoms with Gasteiger partial charge in [-0.1, -0.05) is 12.1 Å². The average molecular weight is 449 g/mol. The Hall–Kier alpha value is -4.05. The summed E-state index contributed by atoms with van der Waals surface area (Å²) in [6.07, 6.45) is 7.54. The number of hydrogen-bond donors (Lipinski definition) is 3. The minimum Gasteiger partial charge on any atom is -0.346 e. The fourth-order valence-corrected chi connectivity index (χ4v) is 3.28. The highest BCUT2D eigenvalue weighted by Crippen LogP contribution is 2.16. The van der Waals surface area contributed by atoms with Gasteiger partial charge in [-0.25, -0.2) is 4.39 Å². The SMILES string of the molecule is NCCn1ccc(CNC(=O)c2ccc(-c3cnn(NCCc4cccc(F)c4)c3)nc2)n1. The second-order valence-electron chi connectivity index (χ2n) is 7.44. The molecule has 0 radical (unpaired) electrons. The zero-order chi connectivity index (χ0) is 23.0. The maximum Gasteiger partial charge on any atom is 0.253 e. The van der Waals surface area contributed by atoms with Crippen LogP contribution in [0.15, 0.2) is 67.3 Å². The summed E-state index contributed by atoms with van der Waals surface area (Å²) in [4.78, 5) is 18.4. The van der Waals surface area contributed by atoms with Crippen molar-refractivity contribution in [3.05, 3.63) is 89.9 Å². The molecule has 170 valence electrons. The third-order valence-electron chi connectivity index (χ3n) is 4.96. The monoisotopic (exact) mass is 448 g/mol. The van der Waals surface area contributed by atoms with Crippen molar-refractivity contribution >= 4 is 5.91 Å². The molecule has 3 heterocycles. The van der Waals surface area contributed by atoms with Gasteiger partial charge in [0.2, 0.25) is 0 Å². The number of carbonyl (C=O) groups is 1. The van der Waals surface area contributed by atoms with Crippen molar-refractivity contribution in [2.75, 3.05) is 18.5 Å². The van der Waals surface area contributed by atoms with E-state index >= 15 is 0 Å². The first-order valence-corrected chi connectivity index (χ1v) is 10.6. The third-order valence-corrected chi connectivity index (χ3v) is 4.96. The summed E-state index contributed by atoms with van der Waals surface area (Å²) in [6, 6.07) is 11.9. The van der Waals surface area contributed by atoms with Gasteiger partial charge in [0.05, 0.1) is 42.4 Å². The lowest BCUT2D eigenvalue weighted by Crippen LogP contribution is -2.23. The smallest absolute Gasteiger partial charge is 0.253 e. The number of halogens is 1. The minimum absolute atomic E-state index is 0.225. The van der Waals surface area contributed by atoms with Gasteiger partial charge < -0.3 is 16.5 Å². The maximum atomic E-state index is 13.3. The number of nitrogens with zero attached hydrogens (tertiary/aromatic N) is 5. The van der Waals surface area contributed by atoms with Crippen molar-refractivity contribution in [1.82, 2.24) is 30.0 Å². The van der Waals surface area contributed by atoms with Crippen LogP contribution in [0.4, 0.5) is 4.39 Å². The van der Waals surface area contributed by atoms with Crippen LogP contribution in [0, 0.1) is 5.82 Å². The summed E-state index contributed by atoms with van der Waals surface area (Å²) >= 11 is 0. The van der Waals surface area contributed by atoms with E-state index in [1.54, 1.807) is 33.9 Å². The number of amides is 1. The summed E-state index contributed by atoms with van der Waals surface area (Å²) < 4.78 is 15.0. The van der Waals surface area contributed by atoms with Crippen molar-refractivity contribution in [2.24, 2.45) is 5.73 Å². The minimum atomic E-state index is -0.240. The number of pyridine rings is 1. The van der Waals surface area contributed by atoms with Crippen LogP contribution in [0.2, 0.25) is 0 Å². The lowest BCUT2D eigenvalue weighted by atomic mass is 10.1. The average Bonchev–Trinajstić information content (AvgIpc) is 3.48. The molecule has 0 aliphatic carbocycles. The molecule has 0 unspecified atom stereocenters. The van der Waals surface area contributed by atoms with Gasteiger partial charge in [-0.3, -0.25) is 14.5 Å². The number of aromatic nitrogens is 5. The van der Waals surface area contributed by atoms with Gasteiger partial charge in [0.25, 0.3) is 5.91 Å². The molecule has 33 heavy (non-hydrogen) atoms. The summed E-state index contributed by atoms with van der Waals surface area (Å²) in [7, 11) is 0. The van der Waals surface area contributed by atoms with E-state index in [2.05, 4.69) is 25.9 Å². The molecule has 0 bridgehead atoms. The standard InChI is InChI=1S/C23H25FN8O/c24-20-3-1-2-17(12-20)6-9-28-32-16-19(14-29-32)22-5-4-18(13-26-22)23(33)27-15-21-7-10-31(30-21)11-8-25/h1-5,7,10,12-14,16,28H,6,8-9,11,15,25H2,(H,27,33). The van der Waals surface area contributed by atoms with Gasteiger partial charge >= 0.3 is 0 Å². The van der Waals surface area contributed by atoms with Crippen molar-refractivity contribution in [1.29, 1.82) is 0 Å². The molecule has 9 nitrogen and oxygen atoms in total. The lowest BCUT2D eigenvalue weighted by Gasteiger charge is -2.06. The van der Waals surface area contributed by atoms with Crippen LogP contribution < -0.4 is 16.5 Å². The molecule has 4 rings (SSSR count). The van der Waals surface area contributed by atoms with Crippen LogP contribution in [0.5, 0.6) is 0 Å². The molecular weight excluding hydrogens is 423 g/mol. The van der Waals surface area contributed by atoms with Gasteiger partial charge in [0.1, 0.15) is 5.82 Å². The molecular formula is C23H25FN8O. The van der Waals surface area contributed by atoms with Crippen LogP contribution in [0.1, 0.15) is 21.6 Å².